The molecule has 1 aliphatic rings. The van der Waals surface area contributed by atoms with Crippen molar-refractivity contribution in [3.8, 4) is 0 Å². The van der Waals surface area contributed by atoms with Gasteiger partial charge in [0.15, 0.2) is 0 Å². The van der Waals surface area contributed by atoms with Crippen LogP contribution in [0.15, 0.2) is 30.6 Å². The van der Waals surface area contributed by atoms with E-state index in [1.54, 1.807) is 23.1 Å². The third-order valence-corrected chi connectivity index (χ3v) is 5.02. The molecule has 0 spiro atoms. The van der Waals surface area contributed by atoms with Gasteiger partial charge in [-0.25, -0.2) is 0 Å². The van der Waals surface area contributed by atoms with Crippen LogP contribution in [0.5, 0.6) is 0 Å². The summed E-state index contributed by atoms with van der Waals surface area (Å²) in [5.74, 6) is -0.0785. The highest BCUT2D eigenvalue weighted by Crippen LogP contribution is 2.21. The number of rotatable bonds is 6. The average molecular weight is 362 g/mol. The van der Waals surface area contributed by atoms with Crippen LogP contribution >= 0.6 is 11.6 Å². The topological polar surface area (TPSA) is 54.3 Å². The molecule has 0 aliphatic carbocycles. The monoisotopic (exact) mass is 361 g/mol. The molecule has 1 aliphatic heterocycles. The maximum Gasteiger partial charge on any atom is 0.272 e. The van der Waals surface area contributed by atoms with Crippen molar-refractivity contribution in [1.82, 2.24) is 24.6 Å². The Balaban J connectivity index is 1.82. The standard InChI is InChI=1S/C18H24ClN5O/c1-3-23-10-6-7-14(23)11-24(13-17-15(19)12-22(2)21-17)18(25)16-8-4-5-9-20-16/h4-5,8-9,12,14H,3,6-7,10-11,13H2,1-2H3/t14-/m1/s1. The Bertz CT molecular complexity index is 718. The number of carbonyl (C=O) groups excluding carboxylic acids is 1. The quantitative estimate of drug-likeness (QED) is 0.793. The van der Waals surface area contributed by atoms with Gasteiger partial charge in [-0.1, -0.05) is 24.6 Å². The van der Waals surface area contributed by atoms with E-state index in [1.165, 1.54) is 6.42 Å². The first-order chi connectivity index (χ1) is 12.1. The number of hydrogen-bond donors (Lipinski definition) is 0. The summed E-state index contributed by atoms with van der Waals surface area (Å²) in [4.78, 5) is 21.5. The Morgan fingerprint density at radius 3 is 2.92 bits per heavy atom. The van der Waals surface area contributed by atoms with E-state index in [-0.39, 0.29) is 5.91 Å². The van der Waals surface area contributed by atoms with Crippen LogP contribution in [-0.4, -0.2) is 56.1 Å². The van der Waals surface area contributed by atoms with Crippen molar-refractivity contribution in [3.05, 3.63) is 47.0 Å². The van der Waals surface area contributed by atoms with Gasteiger partial charge in [-0.3, -0.25) is 19.4 Å². The van der Waals surface area contributed by atoms with E-state index in [0.29, 0.717) is 29.8 Å². The lowest BCUT2D eigenvalue weighted by Gasteiger charge is -2.30. The van der Waals surface area contributed by atoms with Gasteiger partial charge in [-0.05, 0) is 38.1 Å². The summed E-state index contributed by atoms with van der Waals surface area (Å²) in [5.41, 5.74) is 1.17. The van der Waals surface area contributed by atoms with Gasteiger partial charge >= 0.3 is 0 Å². The van der Waals surface area contributed by atoms with Crippen LogP contribution in [0.1, 0.15) is 35.9 Å². The fourth-order valence-electron chi connectivity index (χ4n) is 3.44. The summed E-state index contributed by atoms with van der Waals surface area (Å²) in [6, 6.07) is 5.77. The molecule has 0 radical (unpaired) electrons. The van der Waals surface area contributed by atoms with Gasteiger partial charge < -0.3 is 4.90 Å². The van der Waals surface area contributed by atoms with Gasteiger partial charge in [0.1, 0.15) is 11.4 Å². The van der Waals surface area contributed by atoms with Crippen LogP contribution in [0.4, 0.5) is 0 Å². The van der Waals surface area contributed by atoms with Crippen molar-refractivity contribution >= 4 is 17.5 Å². The lowest BCUT2D eigenvalue weighted by Crippen LogP contribution is -2.43. The molecule has 6 nitrogen and oxygen atoms in total. The molecule has 0 N–H and O–H groups in total. The molecule has 134 valence electrons. The number of pyridine rings is 1. The highest BCUT2D eigenvalue weighted by atomic mass is 35.5. The van der Waals surface area contributed by atoms with E-state index in [4.69, 9.17) is 11.6 Å². The molecule has 7 heteroatoms. The molecule has 25 heavy (non-hydrogen) atoms. The van der Waals surface area contributed by atoms with Crippen molar-refractivity contribution < 1.29 is 4.79 Å². The largest absolute Gasteiger partial charge is 0.330 e. The number of likely N-dealkylation sites (tertiary alicyclic amines) is 1. The van der Waals surface area contributed by atoms with Crippen LogP contribution in [0.3, 0.4) is 0 Å². The summed E-state index contributed by atoms with van der Waals surface area (Å²) in [7, 11) is 1.83. The van der Waals surface area contributed by atoms with E-state index < -0.39 is 0 Å². The Morgan fingerprint density at radius 1 is 1.44 bits per heavy atom. The molecule has 1 amide bonds. The van der Waals surface area contributed by atoms with Gasteiger partial charge in [0.2, 0.25) is 0 Å². The molecule has 0 unspecified atom stereocenters. The van der Waals surface area contributed by atoms with E-state index in [2.05, 4.69) is 21.9 Å². The first kappa shape index (κ1) is 17.9. The number of halogens is 1. The summed E-state index contributed by atoms with van der Waals surface area (Å²) >= 11 is 6.27. The van der Waals surface area contributed by atoms with E-state index in [1.807, 2.05) is 24.1 Å². The third-order valence-electron chi connectivity index (χ3n) is 4.70. The maximum absolute atomic E-state index is 13.0. The fourth-order valence-corrected chi connectivity index (χ4v) is 3.68. The Hall–Kier alpha value is -1.92. The molecule has 1 saturated heterocycles. The first-order valence-electron chi connectivity index (χ1n) is 8.71. The number of nitrogens with zero attached hydrogens (tertiary/aromatic N) is 5. The van der Waals surface area contributed by atoms with Crippen LogP contribution in [0, 0.1) is 0 Å². The lowest BCUT2D eigenvalue weighted by atomic mass is 10.2. The minimum absolute atomic E-state index is 0.0785. The van der Waals surface area contributed by atoms with Crippen molar-refractivity contribution in [3.63, 3.8) is 0 Å². The Labute approximate surface area is 153 Å². The molecule has 2 aromatic rings. The normalized spacial score (nSPS) is 17.8. The zero-order chi connectivity index (χ0) is 17.8. The van der Waals surface area contributed by atoms with Crippen LogP contribution in [0.25, 0.3) is 0 Å². The van der Waals surface area contributed by atoms with Gasteiger partial charge in [-0.2, -0.15) is 5.10 Å². The predicted octanol–water partition coefficient (Wildman–Crippen LogP) is 2.60. The fraction of sp³-hybridized carbons (Fsp3) is 0.500. The molecule has 1 fully saturated rings. The van der Waals surface area contributed by atoms with E-state index in [0.717, 1.165) is 25.2 Å². The molecule has 2 aromatic heterocycles. The molecule has 3 heterocycles. The Kier molecular flexibility index (Phi) is 5.71. The van der Waals surface area contributed by atoms with Crippen LogP contribution < -0.4 is 0 Å². The Morgan fingerprint density at radius 2 is 2.28 bits per heavy atom. The molecule has 3 rings (SSSR count). The number of likely N-dealkylation sites (N-methyl/N-ethyl adjacent to an activating group) is 1. The summed E-state index contributed by atoms with van der Waals surface area (Å²) in [6.07, 6.45) is 5.69. The van der Waals surface area contributed by atoms with Gasteiger partial charge in [0.05, 0.1) is 11.6 Å². The SMILES string of the molecule is CCN1CCC[C@@H]1CN(Cc1nn(C)cc1Cl)C(=O)c1ccccn1. The highest BCUT2D eigenvalue weighted by molar-refractivity contribution is 6.31. The van der Waals surface area contributed by atoms with Crippen molar-refractivity contribution in [2.75, 3.05) is 19.6 Å². The predicted molar refractivity (Wildman–Crippen MR) is 97.5 cm³/mol. The second kappa shape index (κ2) is 7.97. The van der Waals surface area contributed by atoms with Gasteiger partial charge in [0, 0.05) is 32.0 Å². The van der Waals surface area contributed by atoms with Crippen molar-refractivity contribution in [2.24, 2.45) is 7.05 Å². The minimum atomic E-state index is -0.0785. The summed E-state index contributed by atoms with van der Waals surface area (Å²) in [5, 5.41) is 4.98. The first-order valence-corrected chi connectivity index (χ1v) is 9.08. The number of aromatic nitrogens is 3. The molecule has 0 saturated carbocycles. The molecular formula is C18H24ClN5O. The summed E-state index contributed by atoms with van der Waals surface area (Å²) in [6.45, 7) is 5.32. The maximum atomic E-state index is 13.0. The molecule has 0 aromatic carbocycles. The zero-order valence-electron chi connectivity index (χ0n) is 14.7. The van der Waals surface area contributed by atoms with E-state index >= 15 is 0 Å². The molecule has 0 bridgehead atoms. The second-order valence-corrected chi connectivity index (χ2v) is 6.83. The van der Waals surface area contributed by atoms with Crippen molar-refractivity contribution in [1.29, 1.82) is 0 Å². The zero-order valence-corrected chi connectivity index (χ0v) is 15.5. The third kappa shape index (κ3) is 4.19. The average Bonchev–Trinajstić information content (AvgIpc) is 3.20. The van der Waals surface area contributed by atoms with Crippen LogP contribution in [-0.2, 0) is 13.6 Å². The number of hydrogen-bond acceptors (Lipinski definition) is 4. The van der Waals surface area contributed by atoms with Gasteiger partial charge in [0.25, 0.3) is 5.91 Å². The molecule has 1 atom stereocenters. The van der Waals surface area contributed by atoms with Crippen molar-refractivity contribution in [2.45, 2.75) is 32.4 Å². The van der Waals surface area contributed by atoms with Gasteiger partial charge in [-0.15, -0.1) is 0 Å². The minimum Gasteiger partial charge on any atom is -0.330 e. The number of carbonyl (C=O) groups is 1. The summed E-state index contributed by atoms with van der Waals surface area (Å²) < 4.78 is 1.68. The lowest BCUT2D eigenvalue weighted by molar-refractivity contribution is 0.0683. The molecular weight excluding hydrogens is 338 g/mol. The highest BCUT2D eigenvalue weighted by Gasteiger charge is 2.28. The second-order valence-electron chi connectivity index (χ2n) is 6.42. The van der Waals surface area contributed by atoms with E-state index in [9.17, 15) is 4.79 Å². The number of amides is 1. The van der Waals surface area contributed by atoms with Crippen LogP contribution in [0.2, 0.25) is 5.02 Å². The smallest absolute Gasteiger partial charge is 0.272 e. The number of aryl methyl sites for hydroxylation is 1.